The number of hydrogen-bond donors (Lipinski definition) is 0. The van der Waals surface area contributed by atoms with Gasteiger partial charge in [-0.2, -0.15) is 0 Å². The molecule has 0 aromatic carbocycles. The van der Waals surface area contributed by atoms with Crippen molar-refractivity contribution in [1.29, 1.82) is 0 Å². The zero-order valence-electron chi connectivity index (χ0n) is 12.6. The Morgan fingerprint density at radius 2 is 2.00 bits per heavy atom. The number of nitrogens with zero attached hydrogens (tertiary/aromatic N) is 2. The van der Waals surface area contributed by atoms with Crippen LogP contribution in [0.15, 0.2) is 0 Å². The predicted molar refractivity (Wildman–Crippen MR) is 76.0 cm³/mol. The van der Waals surface area contributed by atoms with Crippen LogP contribution in [0.3, 0.4) is 0 Å². The van der Waals surface area contributed by atoms with E-state index in [-0.39, 0.29) is 5.60 Å². The van der Waals surface area contributed by atoms with Gasteiger partial charge in [0.15, 0.2) is 0 Å². The first-order valence-corrected chi connectivity index (χ1v) is 7.64. The normalized spacial score (nSPS) is 29.3. The lowest BCUT2D eigenvalue weighted by molar-refractivity contribution is -0.133. The number of hydrogen-bond acceptors (Lipinski definition) is 3. The molecule has 3 nitrogen and oxygen atoms in total. The van der Waals surface area contributed by atoms with Gasteiger partial charge in [0.05, 0.1) is 5.60 Å². The van der Waals surface area contributed by atoms with Crippen molar-refractivity contribution >= 4 is 0 Å². The van der Waals surface area contributed by atoms with E-state index < -0.39 is 0 Å². The molecule has 0 aromatic heterocycles. The summed E-state index contributed by atoms with van der Waals surface area (Å²) in [4.78, 5) is 5.08. The first-order valence-electron chi connectivity index (χ1n) is 7.64. The van der Waals surface area contributed by atoms with Crippen LogP contribution in [0.1, 0.15) is 46.5 Å². The average Bonchev–Trinajstić information content (AvgIpc) is 2.34. The first kappa shape index (κ1) is 14.3. The molecular weight excluding hydrogens is 224 g/mol. The smallest absolute Gasteiger partial charge is 0.0721 e. The second-order valence-electron chi connectivity index (χ2n) is 6.41. The quantitative estimate of drug-likeness (QED) is 0.769. The molecule has 2 aliphatic heterocycles. The fourth-order valence-corrected chi connectivity index (χ4v) is 3.70. The molecule has 2 fully saturated rings. The van der Waals surface area contributed by atoms with Crippen molar-refractivity contribution in [2.45, 2.75) is 64.1 Å². The van der Waals surface area contributed by atoms with E-state index >= 15 is 0 Å². The van der Waals surface area contributed by atoms with Crippen molar-refractivity contribution in [1.82, 2.24) is 9.80 Å². The van der Waals surface area contributed by atoms with E-state index in [1.807, 2.05) is 0 Å². The Morgan fingerprint density at radius 3 is 2.56 bits per heavy atom. The molecule has 18 heavy (non-hydrogen) atoms. The summed E-state index contributed by atoms with van der Waals surface area (Å²) in [5.74, 6) is 0. The van der Waals surface area contributed by atoms with Crippen LogP contribution in [0.25, 0.3) is 0 Å². The van der Waals surface area contributed by atoms with Crippen LogP contribution in [0, 0.1) is 0 Å². The lowest BCUT2D eigenvalue weighted by Crippen LogP contribution is -2.54. The van der Waals surface area contributed by atoms with E-state index in [1.54, 1.807) is 0 Å². The molecule has 0 bridgehead atoms. The Morgan fingerprint density at radius 1 is 1.33 bits per heavy atom. The van der Waals surface area contributed by atoms with Crippen LogP contribution in [-0.4, -0.2) is 60.8 Å². The zero-order chi connectivity index (χ0) is 13.2. The predicted octanol–water partition coefficient (Wildman–Crippen LogP) is 2.36. The van der Waals surface area contributed by atoms with Gasteiger partial charge in [0.1, 0.15) is 0 Å². The Balaban J connectivity index is 1.99. The second-order valence-corrected chi connectivity index (χ2v) is 6.41. The van der Waals surface area contributed by atoms with Gasteiger partial charge in [-0.15, -0.1) is 0 Å². The van der Waals surface area contributed by atoms with Gasteiger partial charge in [-0.3, -0.25) is 4.90 Å². The highest BCUT2D eigenvalue weighted by Gasteiger charge is 2.41. The Hall–Kier alpha value is -0.120. The molecule has 2 saturated heterocycles. The molecule has 1 unspecified atom stereocenters. The van der Waals surface area contributed by atoms with Crippen molar-refractivity contribution in [3.63, 3.8) is 0 Å². The number of likely N-dealkylation sites (tertiary alicyclic amines) is 1. The molecule has 3 heteroatoms. The third-order valence-corrected chi connectivity index (χ3v) is 4.86. The monoisotopic (exact) mass is 254 g/mol. The molecule has 1 atom stereocenters. The summed E-state index contributed by atoms with van der Waals surface area (Å²) in [5, 5.41) is 0. The molecule has 0 N–H and O–H groups in total. The highest BCUT2D eigenvalue weighted by molar-refractivity contribution is 4.94. The van der Waals surface area contributed by atoms with Crippen molar-refractivity contribution < 1.29 is 4.74 Å². The van der Waals surface area contributed by atoms with Crippen LogP contribution < -0.4 is 0 Å². The topological polar surface area (TPSA) is 15.7 Å². The lowest BCUT2D eigenvalue weighted by Gasteiger charge is -2.48. The number of piperidine rings is 1. The van der Waals surface area contributed by atoms with E-state index in [0.717, 1.165) is 19.2 Å². The van der Waals surface area contributed by atoms with E-state index in [4.69, 9.17) is 4.74 Å². The van der Waals surface area contributed by atoms with Crippen LogP contribution in [0.5, 0.6) is 0 Å². The summed E-state index contributed by atoms with van der Waals surface area (Å²) in [6, 6.07) is 1.38. The molecule has 0 saturated carbocycles. The van der Waals surface area contributed by atoms with E-state index in [2.05, 4.69) is 37.6 Å². The van der Waals surface area contributed by atoms with Crippen LogP contribution in [-0.2, 0) is 4.74 Å². The molecular formula is C15H30N2O. The van der Waals surface area contributed by atoms with E-state index in [9.17, 15) is 0 Å². The molecule has 1 spiro atoms. The van der Waals surface area contributed by atoms with Gasteiger partial charge in [-0.05, 0) is 53.1 Å². The Bertz CT molecular complexity index is 259. The van der Waals surface area contributed by atoms with E-state index in [1.165, 1.54) is 38.8 Å². The number of ether oxygens (including phenoxy) is 1. The molecule has 0 radical (unpaired) electrons. The fraction of sp³-hybridized carbons (Fsp3) is 1.00. The zero-order valence-corrected chi connectivity index (χ0v) is 12.6. The van der Waals surface area contributed by atoms with Gasteiger partial charge in [-0.25, -0.2) is 0 Å². The van der Waals surface area contributed by atoms with Gasteiger partial charge in [0, 0.05) is 31.8 Å². The summed E-state index contributed by atoms with van der Waals surface area (Å²) in [6.45, 7) is 11.4. The molecule has 2 heterocycles. The summed E-state index contributed by atoms with van der Waals surface area (Å²) in [5.41, 5.74) is 0.192. The number of rotatable bonds is 3. The van der Waals surface area contributed by atoms with Crippen LogP contribution in [0.4, 0.5) is 0 Å². The molecule has 2 rings (SSSR count). The molecule has 0 amide bonds. The third kappa shape index (κ3) is 3.06. The summed E-state index contributed by atoms with van der Waals surface area (Å²) in [6.07, 6.45) is 4.89. The molecule has 2 aliphatic rings. The highest BCUT2D eigenvalue weighted by atomic mass is 16.5. The van der Waals surface area contributed by atoms with Crippen molar-refractivity contribution in [2.75, 3.05) is 33.3 Å². The van der Waals surface area contributed by atoms with Crippen molar-refractivity contribution in [2.24, 2.45) is 0 Å². The Kier molecular flexibility index (Phi) is 4.68. The highest BCUT2D eigenvalue weighted by Crippen LogP contribution is 2.36. The SMILES string of the molecule is CCN(C(C)C)C1CCOC2(CCN(C)CC2)C1. The standard InChI is InChI=1S/C15H30N2O/c1-5-17(13(2)3)14-6-11-18-15(12-14)7-9-16(4)10-8-15/h13-14H,5-12H2,1-4H3. The maximum absolute atomic E-state index is 6.21. The molecule has 0 aliphatic carbocycles. The van der Waals surface area contributed by atoms with Gasteiger partial charge in [0.2, 0.25) is 0 Å². The van der Waals surface area contributed by atoms with Crippen molar-refractivity contribution in [3.8, 4) is 0 Å². The fourth-order valence-electron chi connectivity index (χ4n) is 3.70. The summed E-state index contributed by atoms with van der Waals surface area (Å²) >= 11 is 0. The minimum atomic E-state index is 0.192. The van der Waals surface area contributed by atoms with Crippen LogP contribution >= 0.6 is 0 Å². The maximum atomic E-state index is 6.21. The molecule has 0 aromatic rings. The third-order valence-electron chi connectivity index (χ3n) is 4.86. The minimum Gasteiger partial charge on any atom is -0.375 e. The second kappa shape index (κ2) is 5.89. The molecule has 106 valence electrons. The maximum Gasteiger partial charge on any atom is 0.0721 e. The lowest BCUT2D eigenvalue weighted by atomic mass is 9.81. The van der Waals surface area contributed by atoms with Crippen LogP contribution in [0.2, 0.25) is 0 Å². The van der Waals surface area contributed by atoms with Gasteiger partial charge < -0.3 is 9.64 Å². The average molecular weight is 254 g/mol. The van der Waals surface area contributed by atoms with Gasteiger partial charge in [-0.1, -0.05) is 6.92 Å². The van der Waals surface area contributed by atoms with Gasteiger partial charge >= 0.3 is 0 Å². The largest absolute Gasteiger partial charge is 0.375 e. The Labute approximate surface area is 112 Å². The first-order chi connectivity index (χ1) is 8.56. The van der Waals surface area contributed by atoms with Crippen molar-refractivity contribution in [3.05, 3.63) is 0 Å². The summed E-state index contributed by atoms with van der Waals surface area (Å²) in [7, 11) is 2.22. The summed E-state index contributed by atoms with van der Waals surface area (Å²) < 4.78 is 6.21. The van der Waals surface area contributed by atoms with E-state index in [0.29, 0.717) is 6.04 Å². The van der Waals surface area contributed by atoms with Gasteiger partial charge in [0.25, 0.3) is 0 Å². The minimum absolute atomic E-state index is 0.192.